The first-order valence-corrected chi connectivity index (χ1v) is 33.0. The van der Waals surface area contributed by atoms with Crippen molar-refractivity contribution in [2.45, 2.75) is 270 Å². The molecule has 0 atom stereocenters. The smallest absolute Gasteiger partial charge is 1.00 e. The molecular formula is C75H109BN10NaO9. The number of ketones is 1. The number of alkyl carbamates (subject to hydrolysis) is 3. The molecule has 3 fully saturated rings. The third kappa shape index (κ3) is 25.7. The molecule has 19 nitrogen and oxygen atoms in total. The number of aromatic nitrogens is 6. The Hall–Kier alpha value is -7.05. The van der Waals surface area contributed by atoms with Crippen LogP contribution in [-0.2, 0) is 51.9 Å². The van der Waals surface area contributed by atoms with E-state index in [1.54, 1.807) is 30.9 Å². The van der Waals surface area contributed by atoms with Crippen LogP contribution in [0.1, 0.15) is 249 Å². The van der Waals surface area contributed by atoms with Gasteiger partial charge in [-0.2, -0.15) is 5.26 Å². The molecule has 3 aromatic carbocycles. The Morgan fingerprint density at radius 2 is 0.823 bits per heavy atom. The molecule has 3 aromatic heterocycles. The number of amides is 3. The molecule has 517 valence electrons. The molecule has 6 aromatic rings. The van der Waals surface area contributed by atoms with Crippen LogP contribution < -0.4 is 45.5 Å². The molecule has 3 radical (unpaired) electrons. The molecule has 3 amide bonds. The predicted molar refractivity (Wildman–Crippen MR) is 375 cm³/mol. The Kier molecular flexibility index (Phi) is 30.3. The van der Waals surface area contributed by atoms with E-state index < -0.39 is 45.6 Å². The SMILES string of the molecule is CC#N.CC(C)(C)OC(=O)NC1(c2cccc(C(C)(C)C)c2)CCC(=O)CC1.CC(C)(C)OC(=O)NC1(c2cccc(C(C)(C)C)c2)CCC(O)CC1.CC(C)(C)OC(=O)NC1(c2cccc(C(C)(C)C)c2)CCC(n2ccnc2)CC1.O=C(n1ccnc1)n1ccnc1.[B].[H-].[Na+]. The summed E-state index contributed by atoms with van der Waals surface area (Å²) in [6.07, 6.45) is 22.1. The monoisotopic (exact) mass is 1330 g/mol. The molecule has 3 aliphatic rings. The van der Waals surface area contributed by atoms with Gasteiger partial charge in [0, 0.05) is 71.4 Å². The third-order valence-electron chi connectivity index (χ3n) is 16.7. The Morgan fingerprint density at radius 1 is 0.521 bits per heavy atom. The number of aliphatic hydroxyl groups excluding tert-OH is 1. The molecule has 0 saturated heterocycles. The second-order valence-electron chi connectivity index (χ2n) is 31.1. The minimum Gasteiger partial charge on any atom is -1.00 e. The molecule has 0 bridgehead atoms. The fourth-order valence-electron chi connectivity index (χ4n) is 11.6. The number of hydrogen-bond donors (Lipinski definition) is 4. The Morgan fingerprint density at radius 3 is 1.10 bits per heavy atom. The van der Waals surface area contributed by atoms with Gasteiger partial charge in [-0.15, -0.1) is 0 Å². The number of nitrogens with zero attached hydrogens (tertiary/aromatic N) is 7. The van der Waals surface area contributed by atoms with Crippen molar-refractivity contribution in [3.8, 4) is 6.07 Å². The standard InChI is InChI=1S/C24H35N3O2.C21H33NO3.C21H31NO3.C7H6N4O.C2H3N.B.Na.H/c1-22(2,3)18-8-7-9-19(16-18)24(26-21(28)29-23(4,5)6)12-10-20(11-13-24)27-15-14-25-17-27;2*1-19(2,3)15-8-7-9-16(14-15)21(12-10-17(23)11-13-21)22-18(24)25-20(4,5)6;12-7(10-3-1-8-5-10)11-4-2-9-6-11;1-2-3;;;/h7-9,14-17,20H,10-13H2,1-6H3,(H,26,28);7-9,14,17,23H,10-13H2,1-6H3,(H,22,24);7-9,14H,10-13H2,1-6H3,(H,22,24);1-6H;1H3;;;/q;;;;;;+1;-1. The number of aliphatic hydroxyl groups is 1. The third-order valence-corrected chi connectivity index (χ3v) is 16.7. The van der Waals surface area contributed by atoms with Crippen LogP contribution in [0.4, 0.5) is 19.2 Å². The van der Waals surface area contributed by atoms with Crippen molar-refractivity contribution in [3.05, 3.63) is 162 Å². The number of hydrogen-bond acceptors (Lipinski definition) is 13. The summed E-state index contributed by atoms with van der Waals surface area (Å²) >= 11 is 0. The van der Waals surface area contributed by atoms with E-state index in [4.69, 9.17) is 19.5 Å². The summed E-state index contributed by atoms with van der Waals surface area (Å²) in [4.78, 5) is 72.6. The summed E-state index contributed by atoms with van der Waals surface area (Å²) in [7, 11) is 0. The molecule has 3 aliphatic carbocycles. The van der Waals surface area contributed by atoms with Crippen LogP contribution in [0.25, 0.3) is 0 Å². The molecule has 0 unspecified atom stereocenters. The number of nitriles is 1. The van der Waals surface area contributed by atoms with Gasteiger partial charge in [-0.1, -0.05) is 135 Å². The van der Waals surface area contributed by atoms with Crippen molar-refractivity contribution in [1.29, 1.82) is 5.26 Å². The van der Waals surface area contributed by atoms with Gasteiger partial charge in [-0.05, 0) is 176 Å². The van der Waals surface area contributed by atoms with Crippen molar-refractivity contribution in [1.82, 2.24) is 44.6 Å². The van der Waals surface area contributed by atoms with Crippen LogP contribution >= 0.6 is 0 Å². The number of imidazole rings is 3. The van der Waals surface area contributed by atoms with Crippen molar-refractivity contribution >= 4 is 38.5 Å². The zero-order valence-corrected chi connectivity index (χ0v) is 63.2. The maximum absolute atomic E-state index is 12.7. The second-order valence-corrected chi connectivity index (χ2v) is 31.1. The van der Waals surface area contributed by atoms with E-state index in [-0.39, 0.29) is 79.7 Å². The zero-order chi connectivity index (χ0) is 70.1. The molecule has 0 aliphatic heterocycles. The van der Waals surface area contributed by atoms with Gasteiger partial charge in [0.1, 0.15) is 35.2 Å². The normalized spacial score (nSPS) is 19.3. The first-order chi connectivity index (χ1) is 43.6. The number of Topliss-reactive ketones (excluding diaryl/α,β-unsaturated/α-hetero) is 1. The minimum absolute atomic E-state index is 0. The van der Waals surface area contributed by atoms with Crippen LogP contribution in [0.5, 0.6) is 0 Å². The average molecular weight is 1330 g/mol. The molecule has 9 rings (SSSR count). The van der Waals surface area contributed by atoms with Gasteiger partial charge in [0.15, 0.2) is 0 Å². The zero-order valence-electron chi connectivity index (χ0n) is 62.2. The van der Waals surface area contributed by atoms with Gasteiger partial charge >= 0.3 is 53.9 Å². The number of benzene rings is 3. The summed E-state index contributed by atoms with van der Waals surface area (Å²) in [6.45, 7) is 38.0. The quantitative estimate of drug-likeness (QED) is 0.0859. The number of rotatable bonds is 7. The molecule has 21 heteroatoms. The summed E-state index contributed by atoms with van der Waals surface area (Å²) in [5.74, 6) is 0.258. The number of nitrogens with one attached hydrogen (secondary N) is 3. The van der Waals surface area contributed by atoms with E-state index in [0.717, 1.165) is 36.8 Å². The van der Waals surface area contributed by atoms with Crippen molar-refractivity contribution < 1.29 is 74.3 Å². The van der Waals surface area contributed by atoms with Crippen LogP contribution in [0.2, 0.25) is 0 Å². The van der Waals surface area contributed by atoms with Crippen LogP contribution in [0.15, 0.2) is 129 Å². The molecular weight excluding hydrogens is 1220 g/mol. The van der Waals surface area contributed by atoms with Gasteiger partial charge < -0.3 is 41.3 Å². The summed E-state index contributed by atoms with van der Waals surface area (Å²) < 4.78 is 21.5. The Balaban J connectivity index is 0.000000442. The largest absolute Gasteiger partial charge is 1.00 e. The minimum atomic E-state index is -0.553. The van der Waals surface area contributed by atoms with E-state index in [2.05, 4.69) is 158 Å². The summed E-state index contributed by atoms with van der Waals surface area (Å²) in [6, 6.07) is 27.4. The Labute approximate surface area is 597 Å². The fraction of sp³-hybridized carbons (Fsp3) is 0.560. The topological polar surface area (TPSA) is 247 Å². The molecule has 0 spiro atoms. The van der Waals surface area contributed by atoms with Crippen molar-refractivity contribution in [3.63, 3.8) is 0 Å². The Bertz CT molecular complexity index is 3400. The first-order valence-electron chi connectivity index (χ1n) is 33.0. The predicted octanol–water partition coefficient (Wildman–Crippen LogP) is 13.1. The molecule has 3 saturated carbocycles. The molecule has 4 N–H and O–H groups in total. The summed E-state index contributed by atoms with van der Waals surface area (Å²) in [5.41, 5.74) is 4.10. The van der Waals surface area contributed by atoms with E-state index in [1.165, 1.54) is 51.0 Å². The van der Waals surface area contributed by atoms with Crippen molar-refractivity contribution in [2.75, 3.05) is 0 Å². The summed E-state index contributed by atoms with van der Waals surface area (Å²) in [5, 5.41) is 26.8. The van der Waals surface area contributed by atoms with Gasteiger partial charge in [0.25, 0.3) is 0 Å². The molecule has 96 heavy (non-hydrogen) atoms. The number of carbonyl (C=O) groups excluding carboxylic acids is 5. The maximum atomic E-state index is 12.7. The van der Waals surface area contributed by atoms with Gasteiger partial charge in [0.2, 0.25) is 0 Å². The first kappa shape index (κ1) is 83.2. The van der Waals surface area contributed by atoms with Crippen LogP contribution in [-0.4, -0.2) is 95.2 Å². The van der Waals surface area contributed by atoms with E-state index in [1.807, 2.05) is 93.2 Å². The van der Waals surface area contributed by atoms with Gasteiger partial charge in [-0.25, -0.2) is 34.1 Å². The van der Waals surface area contributed by atoms with E-state index >= 15 is 0 Å². The number of ether oxygens (including phenoxy) is 3. The van der Waals surface area contributed by atoms with Gasteiger partial charge in [-0.3, -0.25) is 13.9 Å². The second kappa shape index (κ2) is 34.9. The average Bonchev–Trinajstić information content (AvgIpc) is 1.79. The van der Waals surface area contributed by atoms with Crippen LogP contribution in [0, 0.1) is 11.3 Å². The van der Waals surface area contributed by atoms with E-state index in [0.29, 0.717) is 57.4 Å². The maximum Gasteiger partial charge on any atom is 1.00 e. The van der Waals surface area contributed by atoms with Crippen molar-refractivity contribution in [2.24, 2.45) is 0 Å². The van der Waals surface area contributed by atoms with Gasteiger partial charge in [0.05, 0.1) is 35.1 Å². The van der Waals surface area contributed by atoms with Crippen LogP contribution in [0.3, 0.4) is 0 Å². The number of carbonyl (C=O) groups is 5. The fourth-order valence-corrected chi connectivity index (χ4v) is 11.6. The van der Waals surface area contributed by atoms with E-state index in [9.17, 15) is 29.1 Å². The molecule has 3 heterocycles.